The fourth-order valence-corrected chi connectivity index (χ4v) is 2.47. The number of carbonyl (C=O) groups excluding carboxylic acids is 1. The van der Waals surface area contributed by atoms with Crippen LogP contribution < -0.4 is 5.73 Å². The molecule has 0 aliphatic carbocycles. The molecule has 0 aliphatic heterocycles. The predicted octanol–water partition coefficient (Wildman–Crippen LogP) is 3.50. The maximum atomic E-state index is 10.8. The maximum Gasteiger partial charge on any atom is 0.405 e. The Balaban J connectivity index is 2.57. The number of hydrogen-bond donors (Lipinski definition) is 2. The summed E-state index contributed by atoms with van der Waals surface area (Å²) in [6, 6.07) is 3.67. The molecular weight excluding hydrogens is 322 g/mol. The number of halogens is 1. The Morgan fingerprint density at radius 2 is 2.20 bits per heavy atom. The van der Waals surface area contributed by atoms with Crippen LogP contribution in [-0.4, -0.2) is 22.4 Å². The van der Waals surface area contributed by atoms with E-state index in [0.717, 1.165) is 4.47 Å². The highest BCUT2D eigenvalue weighted by Crippen LogP contribution is 2.23. The number of pyridine rings is 1. The minimum Gasteiger partial charge on any atom is -0.444 e. The Kier molecular flexibility index (Phi) is 5.68. The first kappa shape index (κ1) is 16.6. The largest absolute Gasteiger partial charge is 0.444 e. The normalized spacial score (nSPS) is 12.8. The van der Waals surface area contributed by atoms with Gasteiger partial charge in [0.25, 0.3) is 0 Å². The zero-order valence-corrected chi connectivity index (χ0v) is 13.5. The first-order valence-electron chi connectivity index (χ1n) is 6.37. The van der Waals surface area contributed by atoms with E-state index in [0.29, 0.717) is 24.2 Å². The van der Waals surface area contributed by atoms with Gasteiger partial charge in [0, 0.05) is 10.7 Å². The van der Waals surface area contributed by atoms with E-state index in [-0.39, 0.29) is 5.92 Å². The molecule has 1 aromatic heterocycles. The Morgan fingerprint density at radius 3 is 2.70 bits per heavy atom. The summed E-state index contributed by atoms with van der Waals surface area (Å²) in [6.45, 7) is 5.64. The van der Waals surface area contributed by atoms with Gasteiger partial charge in [-0.05, 0) is 60.7 Å². The molecule has 110 valence electrons. The molecule has 0 saturated carbocycles. The Bertz CT molecular complexity index is 486. The lowest BCUT2D eigenvalue weighted by atomic mass is 9.90. The molecule has 1 amide bonds. The SMILES string of the molecule is C[C@@H](CC(=N)c1ccc(Br)cn1)CC(C)(C)OC(N)=O. The van der Waals surface area contributed by atoms with Gasteiger partial charge < -0.3 is 15.9 Å². The molecule has 1 aromatic rings. The summed E-state index contributed by atoms with van der Waals surface area (Å²) in [6.07, 6.45) is 2.11. The number of ether oxygens (including phenoxy) is 1. The van der Waals surface area contributed by atoms with Crippen molar-refractivity contribution >= 4 is 27.7 Å². The number of rotatable bonds is 6. The van der Waals surface area contributed by atoms with E-state index in [1.807, 2.05) is 32.9 Å². The van der Waals surface area contributed by atoms with Crippen molar-refractivity contribution in [3.63, 3.8) is 0 Å². The average Bonchev–Trinajstić information content (AvgIpc) is 2.26. The number of carbonyl (C=O) groups is 1. The summed E-state index contributed by atoms with van der Waals surface area (Å²) in [4.78, 5) is 15.0. The minimum atomic E-state index is -0.771. The molecule has 20 heavy (non-hydrogen) atoms. The van der Waals surface area contributed by atoms with Crippen molar-refractivity contribution in [3.05, 3.63) is 28.5 Å². The van der Waals surface area contributed by atoms with Gasteiger partial charge in [0.15, 0.2) is 0 Å². The van der Waals surface area contributed by atoms with E-state index < -0.39 is 11.7 Å². The van der Waals surface area contributed by atoms with Crippen LogP contribution in [0.2, 0.25) is 0 Å². The third-order valence-electron chi connectivity index (χ3n) is 2.81. The number of primary amides is 1. The molecule has 0 saturated heterocycles. The van der Waals surface area contributed by atoms with E-state index in [4.69, 9.17) is 15.9 Å². The van der Waals surface area contributed by atoms with Crippen LogP contribution in [0.5, 0.6) is 0 Å². The van der Waals surface area contributed by atoms with Crippen molar-refractivity contribution in [3.8, 4) is 0 Å². The number of nitrogens with one attached hydrogen (secondary N) is 1. The first-order chi connectivity index (χ1) is 9.19. The second-order valence-electron chi connectivity index (χ2n) is 5.53. The lowest BCUT2D eigenvalue weighted by molar-refractivity contribution is 0.0290. The molecular formula is C14H20BrN3O2. The zero-order valence-electron chi connectivity index (χ0n) is 11.9. The molecule has 1 atom stereocenters. The Hall–Kier alpha value is -1.43. The molecule has 0 unspecified atom stereocenters. The smallest absolute Gasteiger partial charge is 0.405 e. The number of aromatic nitrogens is 1. The van der Waals surface area contributed by atoms with Crippen molar-refractivity contribution in [2.24, 2.45) is 11.7 Å². The summed E-state index contributed by atoms with van der Waals surface area (Å²) in [5.41, 5.74) is 5.55. The zero-order chi connectivity index (χ0) is 15.3. The van der Waals surface area contributed by atoms with Crippen molar-refractivity contribution in [1.82, 2.24) is 4.98 Å². The van der Waals surface area contributed by atoms with Gasteiger partial charge in [0.1, 0.15) is 5.60 Å². The molecule has 1 rings (SSSR count). The van der Waals surface area contributed by atoms with Gasteiger partial charge in [-0.15, -0.1) is 0 Å². The number of amides is 1. The van der Waals surface area contributed by atoms with Gasteiger partial charge in [-0.2, -0.15) is 0 Å². The van der Waals surface area contributed by atoms with E-state index in [9.17, 15) is 4.79 Å². The van der Waals surface area contributed by atoms with Crippen LogP contribution in [0.4, 0.5) is 4.79 Å². The van der Waals surface area contributed by atoms with E-state index >= 15 is 0 Å². The quantitative estimate of drug-likeness (QED) is 0.776. The summed E-state index contributed by atoms with van der Waals surface area (Å²) in [7, 11) is 0. The van der Waals surface area contributed by atoms with Crippen LogP contribution in [0.3, 0.4) is 0 Å². The fraction of sp³-hybridized carbons (Fsp3) is 0.500. The van der Waals surface area contributed by atoms with Gasteiger partial charge in [0.05, 0.1) is 11.4 Å². The lowest BCUT2D eigenvalue weighted by Gasteiger charge is -2.27. The van der Waals surface area contributed by atoms with Gasteiger partial charge in [0.2, 0.25) is 0 Å². The standard InChI is InChI=1S/C14H20BrN3O2/c1-9(7-14(2,3)20-13(17)19)6-11(16)12-5-4-10(15)8-18-12/h4-5,8-9,16H,6-7H2,1-3H3,(H2,17,19)/t9-/m0/s1. The van der Waals surface area contributed by atoms with Crippen LogP contribution in [0.1, 0.15) is 39.3 Å². The monoisotopic (exact) mass is 341 g/mol. The number of hydrogen-bond acceptors (Lipinski definition) is 4. The van der Waals surface area contributed by atoms with E-state index in [1.165, 1.54) is 0 Å². The van der Waals surface area contributed by atoms with Crippen LogP contribution in [0, 0.1) is 11.3 Å². The molecule has 1 heterocycles. The van der Waals surface area contributed by atoms with Gasteiger partial charge in [-0.25, -0.2) is 4.79 Å². The number of nitrogens with zero attached hydrogens (tertiary/aromatic N) is 1. The summed E-state index contributed by atoms with van der Waals surface area (Å²) < 4.78 is 5.95. The molecule has 3 N–H and O–H groups in total. The topological polar surface area (TPSA) is 89.1 Å². The van der Waals surface area contributed by atoms with E-state index in [2.05, 4.69) is 20.9 Å². The molecule has 0 aliphatic rings. The van der Waals surface area contributed by atoms with Gasteiger partial charge in [-0.3, -0.25) is 4.98 Å². The molecule has 0 radical (unpaired) electrons. The Morgan fingerprint density at radius 1 is 1.55 bits per heavy atom. The predicted molar refractivity (Wildman–Crippen MR) is 81.9 cm³/mol. The second kappa shape index (κ2) is 6.83. The van der Waals surface area contributed by atoms with Crippen molar-refractivity contribution in [2.75, 3.05) is 0 Å². The van der Waals surface area contributed by atoms with Crippen LogP contribution in [0.25, 0.3) is 0 Å². The maximum absolute atomic E-state index is 10.8. The highest BCUT2D eigenvalue weighted by atomic mass is 79.9. The molecule has 0 fully saturated rings. The first-order valence-corrected chi connectivity index (χ1v) is 7.17. The summed E-state index contributed by atoms with van der Waals surface area (Å²) in [5, 5.41) is 8.07. The van der Waals surface area contributed by atoms with Crippen molar-refractivity contribution < 1.29 is 9.53 Å². The minimum absolute atomic E-state index is 0.183. The summed E-state index contributed by atoms with van der Waals surface area (Å²) >= 11 is 3.31. The molecule has 5 nitrogen and oxygen atoms in total. The molecule has 0 aromatic carbocycles. The number of nitrogens with two attached hydrogens (primary N) is 1. The second-order valence-corrected chi connectivity index (χ2v) is 6.45. The van der Waals surface area contributed by atoms with Gasteiger partial charge >= 0.3 is 6.09 Å². The van der Waals surface area contributed by atoms with Crippen molar-refractivity contribution in [2.45, 2.75) is 39.2 Å². The van der Waals surface area contributed by atoms with E-state index in [1.54, 1.807) is 6.20 Å². The lowest BCUT2D eigenvalue weighted by Crippen LogP contribution is -2.33. The molecule has 6 heteroatoms. The average molecular weight is 342 g/mol. The van der Waals surface area contributed by atoms with Crippen LogP contribution in [0.15, 0.2) is 22.8 Å². The van der Waals surface area contributed by atoms with Crippen LogP contribution in [-0.2, 0) is 4.74 Å². The Labute approximate surface area is 127 Å². The van der Waals surface area contributed by atoms with Crippen molar-refractivity contribution in [1.29, 1.82) is 5.41 Å². The fourth-order valence-electron chi connectivity index (χ4n) is 2.23. The van der Waals surface area contributed by atoms with Crippen LogP contribution >= 0.6 is 15.9 Å². The third-order valence-corrected chi connectivity index (χ3v) is 3.28. The molecule has 0 spiro atoms. The third kappa shape index (κ3) is 5.69. The van der Waals surface area contributed by atoms with Gasteiger partial charge in [-0.1, -0.05) is 6.92 Å². The highest BCUT2D eigenvalue weighted by Gasteiger charge is 2.25. The molecule has 0 bridgehead atoms. The highest BCUT2D eigenvalue weighted by molar-refractivity contribution is 9.10. The summed E-state index contributed by atoms with van der Waals surface area (Å²) in [5.74, 6) is 0.183.